The van der Waals surface area contributed by atoms with Crippen LogP contribution in [0.3, 0.4) is 0 Å². The molecule has 0 radical (unpaired) electrons. The topological polar surface area (TPSA) is 46.5 Å². The minimum absolute atomic E-state index is 0.0387. The number of carboxylic acid groups (broad SMARTS) is 1. The highest BCUT2D eigenvalue weighted by atomic mass is 16.7. The molecule has 0 aromatic heterocycles. The Hall–Kier alpha value is -0.730. The molecule has 0 aromatic carbocycles. The lowest BCUT2D eigenvalue weighted by Gasteiger charge is -2.37. The van der Waals surface area contributed by atoms with E-state index in [1.54, 1.807) is 0 Å². The van der Waals surface area contributed by atoms with Gasteiger partial charge in [0.25, 0.3) is 0 Å². The Kier molecular flexibility index (Phi) is 8.25. The van der Waals surface area contributed by atoms with Gasteiger partial charge in [0.15, 0.2) is 0 Å². The van der Waals surface area contributed by atoms with Crippen LogP contribution in [0.1, 0.15) is 96.8 Å². The fourth-order valence-corrected chi connectivity index (χ4v) is 4.81. The van der Waals surface area contributed by atoms with E-state index >= 15 is 0 Å². The van der Waals surface area contributed by atoms with Crippen LogP contribution >= 0.6 is 0 Å². The highest BCUT2D eigenvalue weighted by molar-refractivity contribution is 5.57. The number of rotatable bonds is 8. The molecule has 2 fully saturated rings. The van der Waals surface area contributed by atoms with E-state index in [1.807, 2.05) is 0 Å². The fourth-order valence-electron chi connectivity index (χ4n) is 4.81. The standard InChI is InChI=1S/C20H36O3/c1-2-3-4-5-6-7-16-8-10-17(11-9-16)18-12-14-19(15-13-18)23-20(21)22/h16-19H,2-15H2,1H3,(H,21,22)/t16-,17-,18-,19-. The summed E-state index contributed by atoms with van der Waals surface area (Å²) in [5.41, 5.74) is 0. The number of carbonyl (C=O) groups is 1. The zero-order valence-electron chi connectivity index (χ0n) is 15.0. The van der Waals surface area contributed by atoms with E-state index in [4.69, 9.17) is 9.84 Å². The quantitative estimate of drug-likeness (QED) is 0.414. The summed E-state index contributed by atoms with van der Waals surface area (Å²) in [6.45, 7) is 2.28. The maximum absolute atomic E-state index is 10.6. The monoisotopic (exact) mass is 324 g/mol. The molecule has 3 heteroatoms. The first kappa shape index (κ1) is 18.6. The molecule has 0 spiro atoms. The molecule has 0 heterocycles. The van der Waals surface area contributed by atoms with Crippen molar-refractivity contribution < 1.29 is 14.6 Å². The Balaban J connectivity index is 1.57. The van der Waals surface area contributed by atoms with Crippen LogP contribution in [0.4, 0.5) is 4.79 Å². The van der Waals surface area contributed by atoms with Crippen LogP contribution in [0.15, 0.2) is 0 Å². The van der Waals surface area contributed by atoms with E-state index in [-0.39, 0.29) is 6.10 Å². The molecule has 0 aliphatic heterocycles. The molecule has 3 nitrogen and oxygen atoms in total. The first-order valence-electron chi connectivity index (χ1n) is 10.1. The third-order valence-corrected chi connectivity index (χ3v) is 6.26. The summed E-state index contributed by atoms with van der Waals surface area (Å²) in [5.74, 6) is 2.71. The number of unbranched alkanes of at least 4 members (excludes halogenated alkanes) is 4. The summed E-state index contributed by atoms with van der Waals surface area (Å²) in [6, 6.07) is 0. The van der Waals surface area contributed by atoms with Crippen molar-refractivity contribution in [3.05, 3.63) is 0 Å². The normalized spacial score (nSPS) is 31.7. The lowest BCUT2D eigenvalue weighted by Crippen LogP contribution is -2.29. The van der Waals surface area contributed by atoms with E-state index in [0.717, 1.165) is 30.6 Å². The van der Waals surface area contributed by atoms with Crippen molar-refractivity contribution in [2.75, 3.05) is 0 Å². The number of hydrogen-bond donors (Lipinski definition) is 1. The van der Waals surface area contributed by atoms with Gasteiger partial charge in [-0.15, -0.1) is 0 Å². The number of ether oxygens (including phenoxy) is 1. The van der Waals surface area contributed by atoms with Crippen molar-refractivity contribution in [3.63, 3.8) is 0 Å². The highest BCUT2D eigenvalue weighted by Gasteiger charge is 2.31. The van der Waals surface area contributed by atoms with Crippen molar-refractivity contribution in [1.29, 1.82) is 0 Å². The van der Waals surface area contributed by atoms with Gasteiger partial charge < -0.3 is 9.84 Å². The molecular weight excluding hydrogens is 288 g/mol. The predicted molar refractivity (Wildman–Crippen MR) is 93.7 cm³/mol. The van der Waals surface area contributed by atoms with E-state index in [0.29, 0.717) is 0 Å². The van der Waals surface area contributed by atoms with Crippen LogP contribution in [0.5, 0.6) is 0 Å². The van der Waals surface area contributed by atoms with Gasteiger partial charge in [0.2, 0.25) is 0 Å². The van der Waals surface area contributed by atoms with Crippen molar-refractivity contribution in [1.82, 2.24) is 0 Å². The van der Waals surface area contributed by atoms with Crippen molar-refractivity contribution in [2.24, 2.45) is 17.8 Å². The summed E-state index contributed by atoms with van der Waals surface area (Å²) in [5, 5.41) is 8.71. The largest absolute Gasteiger partial charge is 0.506 e. The van der Waals surface area contributed by atoms with Gasteiger partial charge in [-0.1, -0.05) is 58.3 Å². The molecule has 1 N–H and O–H groups in total. The number of hydrogen-bond acceptors (Lipinski definition) is 2. The van der Waals surface area contributed by atoms with Crippen LogP contribution < -0.4 is 0 Å². The molecule has 0 unspecified atom stereocenters. The third-order valence-electron chi connectivity index (χ3n) is 6.26. The zero-order valence-corrected chi connectivity index (χ0v) is 15.0. The van der Waals surface area contributed by atoms with Crippen LogP contribution in [0.25, 0.3) is 0 Å². The Morgan fingerprint density at radius 3 is 2.00 bits per heavy atom. The van der Waals surface area contributed by atoms with Crippen LogP contribution in [-0.4, -0.2) is 17.4 Å². The maximum atomic E-state index is 10.6. The smallest absolute Gasteiger partial charge is 0.450 e. The van der Waals surface area contributed by atoms with Crippen molar-refractivity contribution in [2.45, 2.75) is 103 Å². The minimum atomic E-state index is -1.10. The molecule has 0 amide bonds. The average molecular weight is 325 g/mol. The van der Waals surface area contributed by atoms with Gasteiger partial charge in [-0.2, -0.15) is 0 Å². The van der Waals surface area contributed by atoms with Crippen molar-refractivity contribution in [3.8, 4) is 0 Å². The molecule has 2 aliphatic carbocycles. The second-order valence-corrected chi connectivity index (χ2v) is 7.90. The van der Waals surface area contributed by atoms with E-state index in [9.17, 15) is 4.79 Å². The summed E-state index contributed by atoms with van der Waals surface area (Å²) in [7, 11) is 0. The Morgan fingerprint density at radius 2 is 1.43 bits per heavy atom. The van der Waals surface area contributed by atoms with Gasteiger partial charge in [-0.25, -0.2) is 4.79 Å². The van der Waals surface area contributed by atoms with E-state index in [1.165, 1.54) is 77.0 Å². The third kappa shape index (κ3) is 6.73. The van der Waals surface area contributed by atoms with Gasteiger partial charge in [-0.05, 0) is 56.3 Å². The second-order valence-electron chi connectivity index (χ2n) is 7.90. The lowest BCUT2D eigenvalue weighted by atomic mass is 9.70. The molecule has 134 valence electrons. The van der Waals surface area contributed by atoms with Crippen molar-refractivity contribution >= 4 is 6.16 Å². The van der Waals surface area contributed by atoms with Crippen LogP contribution in [0.2, 0.25) is 0 Å². The molecule has 0 bridgehead atoms. The van der Waals surface area contributed by atoms with Gasteiger partial charge in [-0.3, -0.25) is 0 Å². The zero-order chi connectivity index (χ0) is 16.5. The second kappa shape index (κ2) is 10.2. The van der Waals surface area contributed by atoms with Gasteiger partial charge >= 0.3 is 6.16 Å². The Morgan fingerprint density at radius 1 is 0.870 bits per heavy atom. The first-order valence-corrected chi connectivity index (χ1v) is 10.1. The summed E-state index contributed by atoms with van der Waals surface area (Å²) in [6.07, 6.45) is 17.3. The van der Waals surface area contributed by atoms with Crippen LogP contribution in [0, 0.1) is 17.8 Å². The highest BCUT2D eigenvalue weighted by Crippen LogP contribution is 2.41. The lowest BCUT2D eigenvalue weighted by molar-refractivity contribution is 0.0191. The van der Waals surface area contributed by atoms with Gasteiger partial charge in [0, 0.05) is 0 Å². The van der Waals surface area contributed by atoms with Gasteiger partial charge in [0.1, 0.15) is 6.10 Å². The predicted octanol–water partition coefficient (Wildman–Crippen LogP) is 6.41. The molecule has 2 aliphatic rings. The SMILES string of the molecule is CCCCCCC[C@H]1CC[C@H]([C@H]2CC[C@H](OC(=O)O)CC2)CC1. The molecule has 0 saturated heterocycles. The first-order chi connectivity index (χ1) is 11.2. The average Bonchev–Trinajstić information content (AvgIpc) is 2.55. The van der Waals surface area contributed by atoms with Crippen LogP contribution in [-0.2, 0) is 4.74 Å². The van der Waals surface area contributed by atoms with Gasteiger partial charge in [0.05, 0.1) is 0 Å². The van der Waals surface area contributed by atoms with E-state index in [2.05, 4.69) is 6.92 Å². The summed E-state index contributed by atoms with van der Waals surface area (Å²) >= 11 is 0. The molecule has 2 rings (SSSR count). The molecule has 2 saturated carbocycles. The molecule has 0 atom stereocenters. The Labute approximate surface area is 142 Å². The van der Waals surface area contributed by atoms with E-state index < -0.39 is 6.16 Å². The molecular formula is C20H36O3. The Bertz CT molecular complexity index is 326. The summed E-state index contributed by atoms with van der Waals surface area (Å²) in [4.78, 5) is 10.6. The summed E-state index contributed by atoms with van der Waals surface area (Å²) < 4.78 is 4.93. The molecule has 23 heavy (non-hydrogen) atoms. The minimum Gasteiger partial charge on any atom is -0.450 e. The maximum Gasteiger partial charge on any atom is 0.506 e. The molecule has 0 aromatic rings. The fraction of sp³-hybridized carbons (Fsp3) is 0.950.